The average molecular weight is 344 g/mol. The summed E-state index contributed by atoms with van der Waals surface area (Å²) in [5, 5.41) is 0. The van der Waals surface area contributed by atoms with Gasteiger partial charge in [0, 0.05) is 25.5 Å². The van der Waals surface area contributed by atoms with Crippen LogP contribution in [0.5, 0.6) is 0 Å². The molecule has 0 radical (unpaired) electrons. The van der Waals surface area contributed by atoms with Crippen molar-refractivity contribution in [3.63, 3.8) is 0 Å². The number of rotatable bonds is 1. The van der Waals surface area contributed by atoms with E-state index in [1.54, 1.807) is 23.4 Å². The van der Waals surface area contributed by atoms with Gasteiger partial charge in [-0.25, -0.2) is 15.0 Å². The van der Waals surface area contributed by atoms with Gasteiger partial charge in [0.1, 0.15) is 10.3 Å². The monoisotopic (exact) mass is 343 g/mol. The van der Waals surface area contributed by atoms with Gasteiger partial charge in [-0.2, -0.15) is 0 Å². The Bertz CT molecular complexity index is 845. The topological polar surface area (TPSA) is 63.9 Å². The van der Waals surface area contributed by atoms with Crippen LogP contribution in [0.25, 0.3) is 11.0 Å². The van der Waals surface area contributed by atoms with Crippen LogP contribution in [0.15, 0.2) is 41.3 Å². The fraction of sp³-hybridized carbons (Fsp3) is 0.143. The molecule has 4 rings (SSSR count). The maximum atomic E-state index is 12.7. The van der Waals surface area contributed by atoms with Crippen LogP contribution < -0.4 is 4.90 Å². The minimum Gasteiger partial charge on any atom is -0.333 e. The number of fused-ring (bicyclic) bond motifs is 3. The summed E-state index contributed by atoms with van der Waals surface area (Å²) in [6, 6.07) is 7.40. The predicted octanol–water partition coefficient (Wildman–Crippen LogP) is 2.25. The van der Waals surface area contributed by atoms with Crippen LogP contribution in [0.1, 0.15) is 10.5 Å². The lowest BCUT2D eigenvalue weighted by atomic mass is 10.3. The normalized spacial score (nSPS) is 14.5. The lowest BCUT2D eigenvalue weighted by Crippen LogP contribution is -2.41. The molecule has 0 bridgehead atoms. The Hall–Kier alpha value is -2.28. The molecule has 3 aromatic heterocycles. The second-order valence-corrected chi connectivity index (χ2v) is 5.54. The lowest BCUT2D eigenvalue weighted by molar-refractivity contribution is 0.0964. The first-order valence-electron chi connectivity index (χ1n) is 6.49. The molecule has 0 aliphatic carbocycles. The molecule has 0 N–H and O–H groups in total. The van der Waals surface area contributed by atoms with Crippen molar-refractivity contribution in [3.05, 3.63) is 47.0 Å². The van der Waals surface area contributed by atoms with Gasteiger partial charge in [0.25, 0.3) is 5.91 Å². The largest absolute Gasteiger partial charge is 0.333 e. The highest BCUT2D eigenvalue weighted by molar-refractivity contribution is 9.10. The van der Waals surface area contributed by atoms with Crippen LogP contribution in [0.3, 0.4) is 0 Å². The maximum absolute atomic E-state index is 12.7. The summed E-state index contributed by atoms with van der Waals surface area (Å²) >= 11 is 3.35. The molecule has 0 saturated heterocycles. The standard InChI is InChI=1S/C14H10BrN5O/c15-12-3-2-10-9(18-12)8-11-13(21)20(7-6-19(10)11)14-16-4-1-5-17-14/h1-5,8H,6-7H2. The Morgan fingerprint density at radius 1 is 1.14 bits per heavy atom. The summed E-state index contributed by atoms with van der Waals surface area (Å²) < 4.78 is 2.75. The Balaban J connectivity index is 1.83. The number of hydrogen-bond donors (Lipinski definition) is 0. The van der Waals surface area contributed by atoms with Crippen LogP contribution in [0.2, 0.25) is 0 Å². The fourth-order valence-corrected chi connectivity index (χ4v) is 2.92. The van der Waals surface area contributed by atoms with E-state index in [0.29, 0.717) is 24.7 Å². The molecule has 4 heterocycles. The van der Waals surface area contributed by atoms with Crippen molar-refractivity contribution in [2.75, 3.05) is 11.4 Å². The van der Waals surface area contributed by atoms with Crippen molar-refractivity contribution in [3.8, 4) is 0 Å². The van der Waals surface area contributed by atoms with E-state index in [9.17, 15) is 4.79 Å². The molecule has 104 valence electrons. The molecular weight excluding hydrogens is 334 g/mol. The minimum absolute atomic E-state index is 0.0958. The van der Waals surface area contributed by atoms with E-state index in [4.69, 9.17) is 0 Å². The molecule has 1 aliphatic heterocycles. The first-order chi connectivity index (χ1) is 10.2. The van der Waals surface area contributed by atoms with Crippen molar-refractivity contribution in [2.45, 2.75) is 6.54 Å². The average Bonchev–Trinajstić information content (AvgIpc) is 2.87. The molecule has 1 aliphatic rings. The van der Waals surface area contributed by atoms with Gasteiger partial charge in [0.15, 0.2) is 0 Å². The summed E-state index contributed by atoms with van der Waals surface area (Å²) in [6.07, 6.45) is 3.27. The lowest BCUT2D eigenvalue weighted by Gasteiger charge is -2.26. The quantitative estimate of drug-likeness (QED) is 0.635. The highest BCUT2D eigenvalue weighted by atomic mass is 79.9. The molecule has 0 aromatic carbocycles. The van der Waals surface area contributed by atoms with Crippen molar-refractivity contribution in [2.24, 2.45) is 0 Å². The van der Waals surface area contributed by atoms with E-state index < -0.39 is 0 Å². The number of carbonyl (C=O) groups is 1. The Kier molecular flexibility index (Phi) is 2.75. The van der Waals surface area contributed by atoms with Crippen molar-refractivity contribution < 1.29 is 4.79 Å². The number of halogens is 1. The van der Waals surface area contributed by atoms with E-state index >= 15 is 0 Å². The van der Waals surface area contributed by atoms with E-state index in [1.165, 1.54) is 0 Å². The summed E-state index contributed by atoms with van der Waals surface area (Å²) in [7, 11) is 0. The number of anilines is 1. The molecule has 0 unspecified atom stereocenters. The number of amides is 1. The van der Waals surface area contributed by atoms with Crippen LogP contribution in [-0.2, 0) is 6.54 Å². The van der Waals surface area contributed by atoms with Gasteiger partial charge in [-0.05, 0) is 40.2 Å². The second kappa shape index (κ2) is 4.63. The first kappa shape index (κ1) is 12.5. The van der Waals surface area contributed by atoms with Gasteiger partial charge in [0.05, 0.1) is 11.0 Å². The zero-order chi connectivity index (χ0) is 14.4. The zero-order valence-corrected chi connectivity index (χ0v) is 12.5. The van der Waals surface area contributed by atoms with Crippen LogP contribution in [-0.4, -0.2) is 32.0 Å². The first-order valence-corrected chi connectivity index (χ1v) is 7.28. The Morgan fingerprint density at radius 3 is 2.76 bits per heavy atom. The van der Waals surface area contributed by atoms with Crippen LogP contribution in [0, 0.1) is 0 Å². The molecule has 0 saturated carbocycles. The molecule has 0 fully saturated rings. The Morgan fingerprint density at radius 2 is 1.95 bits per heavy atom. The summed E-state index contributed by atoms with van der Waals surface area (Å²) in [5.41, 5.74) is 2.40. The highest BCUT2D eigenvalue weighted by Gasteiger charge is 2.29. The van der Waals surface area contributed by atoms with Gasteiger partial charge < -0.3 is 4.57 Å². The molecule has 6 nitrogen and oxygen atoms in total. The summed E-state index contributed by atoms with van der Waals surface area (Å²) in [5.74, 6) is 0.342. The van der Waals surface area contributed by atoms with Gasteiger partial charge in [-0.1, -0.05) is 0 Å². The van der Waals surface area contributed by atoms with Gasteiger partial charge in [0.2, 0.25) is 5.95 Å². The summed E-state index contributed by atoms with van der Waals surface area (Å²) in [6.45, 7) is 1.25. The minimum atomic E-state index is -0.0958. The Labute approximate surface area is 128 Å². The third-order valence-electron chi connectivity index (χ3n) is 3.53. The van der Waals surface area contributed by atoms with Gasteiger partial charge in [-0.3, -0.25) is 9.69 Å². The molecule has 1 amide bonds. The second-order valence-electron chi connectivity index (χ2n) is 4.73. The summed E-state index contributed by atoms with van der Waals surface area (Å²) in [4.78, 5) is 27.0. The van der Waals surface area contributed by atoms with Crippen molar-refractivity contribution in [1.29, 1.82) is 0 Å². The molecule has 7 heteroatoms. The molecule has 3 aromatic rings. The highest BCUT2D eigenvalue weighted by Crippen LogP contribution is 2.25. The number of nitrogens with zero attached hydrogens (tertiary/aromatic N) is 5. The van der Waals surface area contributed by atoms with E-state index in [2.05, 4.69) is 30.9 Å². The number of carbonyl (C=O) groups excluding carboxylic acids is 1. The van der Waals surface area contributed by atoms with Crippen molar-refractivity contribution in [1.82, 2.24) is 19.5 Å². The molecular formula is C14H10BrN5O. The molecule has 0 spiro atoms. The van der Waals surface area contributed by atoms with Gasteiger partial charge >= 0.3 is 0 Å². The van der Waals surface area contributed by atoms with E-state index in [1.807, 2.05) is 22.8 Å². The van der Waals surface area contributed by atoms with Gasteiger partial charge in [-0.15, -0.1) is 0 Å². The maximum Gasteiger partial charge on any atom is 0.277 e. The molecule has 21 heavy (non-hydrogen) atoms. The van der Waals surface area contributed by atoms with E-state index in [0.717, 1.165) is 15.6 Å². The number of pyridine rings is 1. The zero-order valence-electron chi connectivity index (χ0n) is 10.9. The van der Waals surface area contributed by atoms with Crippen LogP contribution >= 0.6 is 15.9 Å². The predicted molar refractivity (Wildman–Crippen MR) is 81.1 cm³/mol. The molecule has 0 atom stereocenters. The van der Waals surface area contributed by atoms with Crippen molar-refractivity contribution >= 4 is 38.8 Å². The fourth-order valence-electron chi connectivity index (χ4n) is 2.59. The van der Waals surface area contributed by atoms with Crippen LogP contribution in [0.4, 0.5) is 5.95 Å². The number of hydrogen-bond acceptors (Lipinski definition) is 4. The third kappa shape index (κ3) is 1.92. The smallest absolute Gasteiger partial charge is 0.277 e. The number of aromatic nitrogens is 4. The van der Waals surface area contributed by atoms with E-state index in [-0.39, 0.29) is 5.91 Å². The SMILES string of the molecule is O=C1c2cc3nc(Br)ccc3n2CCN1c1ncccn1. The third-order valence-corrected chi connectivity index (χ3v) is 3.97.